The molecule has 0 aromatic heterocycles. The van der Waals surface area contributed by atoms with Gasteiger partial charge in [0.1, 0.15) is 23.2 Å². The minimum absolute atomic E-state index is 0.247. The minimum Gasteiger partial charge on any atom is -0.489 e. The maximum atomic E-state index is 12.9. The Morgan fingerprint density at radius 2 is 2.08 bits per heavy atom. The quantitative estimate of drug-likeness (QED) is 0.806. The molecule has 1 atom stereocenters. The Bertz CT molecular complexity index is 684. The van der Waals surface area contributed by atoms with Gasteiger partial charge in [0.25, 0.3) is 0 Å². The summed E-state index contributed by atoms with van der Waals surface area (Å²) in [5, 5.41) is 3.26. The maximum Gasteiger partial charge on any atom is 0.123 e. The molecule has 0 unspecified atom stereocenters. The zero-order valence-electron chi connectivity index (χ0n) is 13.3. The van der Waals surface area contributed by atoms with E-state index in [1.807, 2.05) is 24.3 Å². The smallest absolute Gasteiger partial charge is 0.123 e. The molecule has 2 aromatic rings. The van der Waals surface area contributed by atoms with Crippen molar-refractivity contribution in [1.29, 1.82) is 0 Å². The van der Waals surface area contributed by atoms with Crippen LogP contribution < -0.4 is 10.1 Å². The second-order valence-electron chi connectivity index (χ2n) is 5.79. The third-order valence-corrected chi connectivity index (χ3v) is 4.31. The standard InChI is InChI=1S/C19H20FNO2S/c20-16-8-6-14(7-9-16)13-23-17-4-1-3-15(11-17)19(24)21-12-18-5-2-10-22-18/h1,3-4,6-9,11,18H,2,5,10,12-13H2,(H,21,24)/t18-/m1/s1. The van der Waals surface area contributed by atoms with E-state index in [1.165, 1.54) is 12.1 Å². The van der Waals surface area contributed by atoms with Gasteiger partial charge in [0.05, 0.1) is 6.10 Å². The molecular formula is C19H20FNO2S. The zero-order valence-corrected chi connectivity index (χ0v) is 14.2. The van der Waals surface area contributed by atoms with Crippen LogP contribution in [0.15, 0.2) is 48.5 Å². The lowest BCUT2D eigenvalue weighted by molar-refractivity contribution is 0.114. The van der Waals surface area contributed by atoms with Crippen molar-refractivity contribution in [2.24, 2.45) is 0 Å². The van der Waals surface area contributed by atoms with Gasteiger partial charge in [0, 0.05) is 18.7 Å². The van der Waals surface area contributed by atoms with E-state index in [0.29, 0.717) is 11.6 Å². The molecule has 1 fully saturated rings. The fraction of sp³-hybridized carbons (Fsp3) is 0.316. The Morgan fingerprint density at radius 1 is 1.25 bits per heavy atom. The first-order valence-corrected chi connectivity index (χ1v) is 8.48. The molecule has 1 N–H and O–H groups in total. The highest BCUT2D eigenvalue weighted by atomic mass is 32.1. The van der Waals surface area contributed by atoms with Gasteiger partial charge in [-0.15, -0.1) is 0 Å². The molecule has 1 aliphatic rings. The maximum absolute atomic E-state index is 12.9. The van der Waals surface area contributed by atoms with Crippen LogP contribution in [0.25, 0.3) is 0 Å². The van der Waals surface area contributed by atoms with E-state index in [2.05, 4.69) is 5.32 Å². The molecule has 1 saturated heterocycles. The van der Waals surface area contributed by atoms with Crippen molar-refractivity contribution in [2.45, 2.75) is 25.6 Å². The van der Waals surface area contributed by atoms with Crippen LogP contribution in [0.2, 0.25) is 0 Å². The number of ether oxygens (including phenoxy) is 2. The van der Waals surface area contributed by atoms with E-state index >= 15 is 0 Å². The van der Waals surface area contributed by atoms with E-state index in [1.54, 1.807) is 12.1 Å². The largest absolute Gasteiger partial charge is 0.489 e. The molecule has 0 radical (unpaired) electrons. The fourth-order valence-corrected chi connectivity index (χ4v) is 2.80. The highest BCUT2D eigenvalue weighted by Crippen LogP contribution is 2.16. The van der Waals surface area contributed by atoms with Crippen LogP contribution in [0.1, 0.15) is 24.0 Å². The van der Waals surface area contributed by atoms with Crippen molar-refractivity contribution < 1.29 is 13.9 Å². The number of rotatable bonds is 6. The molecule has 1 heterocycles. The summed E-state index contributed by atoms with van der Waals surface area (Å²) in [6, 6.07) is 14.0. The van der Waals surface area contributed by atoms with Crippen molar-refractivity contribution in [2.75, 3.05) is 13.2 Å². The van der Waals surface area contributed by atoms with Crippen LogP contribution in [0.4, 0.5) is 4.39 Å². The lowest BCUT2D eigenvalue weighted by Crippen LogP contribution is -2.31. The van der Waals surface area contributed by atoms with Gasteiger partial charge in [-0.25, -0.2) is 4.39 Å². The summed E-state index contributed by atoms with van der Waals surface area (Å²) in [5.74, 6) is 0.488. The summed E-state index contributed by atoms with van der Waals surface area (Å²) in [6.07, 6.45) is 2.45. The summed E-state index contributed by atoms with van der Waals surface area (Å²) >= 11 is 5.44. The van der Waals surface area contributed by atoms with Gasteiger partial charge in [0.15, 0.2) is 0 Å². The van der Waals surface area contributed by atoms with Crippen molar-refractivity contribution in [3.05, 3.63) is 65.5 Å². The van der Waals surface area contributed by atoms with Crippen LogP contribution in [-0.4, -0.2) is 24.2 Å². The van der Waals surface area contributed by atoms with E-state index in [-0.39, 0.29) is 11.9 Å². The molecular weight excluding hydrogens is 325 g/mol. The van der Waals surface area contributed by atoms with Gasteiger partial charge in [0.2, 0.25) is 0 Å². The molecule has 126 valence electrons. The Labute approximate surface area is 146 Å². The molecule has 2 aromatic carbocycles. The van der Waals surface area contributed by atoms with Crippen molar-refractivity contribution >= 4 is 17.2 Å². The van der Waals surface area contributed by atoms with E-state index < -0.39 is 0 Å². The Hall–Kier alpha value is -1.98. The van der Waals surface area contributed by atoms with Gasteiger partial charge in [-0.1, -0.05) is 36.5 Å². The molecule has 24 heavy (non-hydrogen) atoms. The average molecular weight is 345 g/mol. The van der Waals surface area contributed by atoms with E-state index in [4.69, 9.17) is 21.7 Å². The Balaban J connectivity index is 1.54. The van der Waals surface area contributed by atoms with Gasteiger partial charge in [-0.05, 0) is 42.7 Å². The summed E-state index contributed by atoms with van der Waals surface area (Å²) in [4.78, 5) is 0.692. The summed E-state index contributed by atoms with van der Waals surface area (Å²) in [5.41, 5.74) is 1.83. The van der Waals surface area contributed by atoms with E-state index in [0.717, 1.165) is 42.9 Å². The summed E-state index contributed by atoms with van der Waals surface area (Å²) < 4.78 is 24.3. The first-order chi connectivity index (χ1) is 11.7. The van der Waals surface area contributed by atoms with Crippen LogP contribution in [0, 0.1) is 5.82 Å². The minimum atomic E-state index is -0.247. The summed E-state index contributed by atoms with van der Waals surface area (Å²) in [6.45, 7) is 1.96. The number of benzene rings is 2. The second kappa shape index (κ2) is 8.22. The Morgan fingerprint density at radius 3 is 2.83 bits per heavy atom. The lowest BCUT2D eigenvalue weighted by Gasteiger charge is -2.13. The fourth-order valence-electron chi connectivity index (χ4n) is 2.59. The second-order valence-corrected chi connectivity index (χ2v) is 6.20. The number of hydrogen-bond acceptors (Lipinski definition) is 3. The third-order valence-electron chi connectivity index (χ3n) is 3.93. The molecule has 0 spiro atoms. The van der Waals surface area contributed by atoms with E-state index in [9.17, 15) is 4.39 Å². The van der Waals surface area contributed by atoms with Gasteiger partial charge < -0.3 is 14.8 Å². The average Bonchev–Trinajstić information content (AvgIpc) is 3.13. The number of thiocarbonyl (C=S) groups is 1. The van der Waals surface area contributed by atoms with Crippen molar-refractivity contribution in [3.8, 4) is 5.75 Å². The lowest BCUT2D eigenvalue weighted by atomic mass is 10.2. The highest BCUT2D eigenvalue weighted by molar-refractivity contribution is 7.80. The first kappa shape index (κ1) is 16.9. The molecule has 5 heteroatoms. The molecule has 0 aliphatic carbocycles. The molecule has 0 amide bonds. The summed E-state index contributed by atoms with van der Waals surface area (Å²) in [7, 11) is 0. The highest BCUT2D eigenvalue weighted by Gasteiger charge is 2.15. The van der Waals surface area contributed by atoms with Crippen LogP contribution in [-0.2, 0) is 11.3 Å². The monoisotopic (exact) mass is 345 g/mol. The van der Waals surface area contributed by atoms with Crippen LogP contribution in [0.3, 0.4) is 0 Å². The molecule has 3 rings (SSSR count). The topological polar surface area (TPSA) is 30.5 Å². The SMILES string of the molecule is Fc1ccc(COc2cccc(C(=S)NC[C@H]3CCCO3)c2)cc1. The number of nitrogens with one attached hydrogen (secondary N) is 1. The zero-order chi connectivity index (χ0) is 16.8. The predicted molar refractivity (Wildman–Crippen MR) is 95.9 cm³/mol. The normalized spacial score (nSPS) is 16.8. The molecule has 0 bridgehead atoms. The van der Waals surface area contributed by atoms with Gasteiger partial charge >= 0.3 is 0 Å². The van der Waals surface area contributed by atoms with Crippen LogP contribution in [0.5, 0.6) is 5.75 Å². The Kier molecular flexibility index (Phi) is 5.77. The van der Waals surface area contributed by atoms with Crippen molar-refractivity contribution in [3.63, 3.8) is 0 Å². The van der Waals surface area contributed by atoms with Crippen LogP contribution >= 0.6 is 12.2 Å². The molecule has 0 saturated carbocycles. The van der Waals surface area contributed by atoms with Gasteiger partial charge in [-0.3, -0.25) is 0 Å². The number of hydrogen-bond donors (Lipinski definition) is 1. The number of halogens is 1. The first-order valence-electron chi connectivity index (χ1n) is 8.08. The van der Waals surface area contributed by atoms with Gasteiger partial charge in [-0.2, -0.15) is 0 Å². The third kappa shape index (κ3) is 4.76. The predicted octanol–water partition coefficient (Wildman–Crippen LogP) is 3.85. The molecule has 1 aliphatic heterocycles. The van der Waals surface area contributed by atoms with Crippen molar-refractivity contribution in [1.82, 2.24) is 5.32 Å². The molecule has 3 nitrogen and oxygen atoms in total.